The van der Waals surface area contributed by atoms with E-state index in [0.29, 0.717) is 17.1 Å². The first-order valence-corrected chi connectivity index (χ1v) is 7.67. The Morgan fingerprint density at radius 2 is 1.88 bits per heavy atom. The molecule has 1 amide bonds. The van der Waals surface area contributed by atoms with E-state index in [1.807, 2.05) is 0 Å². The minimum Gasteiger partial charge on any atom is -0.493 e. The monoisotopic (exact) mass is 391 g/mol. The zero-order valence-corrected chi connectivity index (χ0v) is 16.0. The van der Waals surface area contributed by atoms with Gasteiger partial charge in [-0.05, 0) is 24.4 Å². The lowest BCUT2D eigenvalue weighted by atomic mass is 10.1. The summed E-state index contributed by atoms with van der Waals surface area (Å²) in [6.07, 6.45) is -0.797. The highest BCUT2D eigenvalue weighted by molar-refractivity contribution is 7.96. The highest BCUT2D eigenvalue weighted by Crippen LogP contribution is 2.31. The lowest BCUT2D eigenvalue weighted by Crippen LogP contribution is -2.27. The molecular formula is C14H21N3O6S2. The van der Waals surface area contributed by atoms with Crippen LogP contribution in [0.5, 0.6) is 11.5 Å². The van der Waals surface area contributed by atoms with Crippen molar-refractivity contribution in [1.82, 2.24) is 4.90 Å². The molecule has 11 heteroatoms. The Hall–Kier alpha value is -2.27. The van der Waals surface area contributed by atoms with Crippen molar-refractivity contribution in [2.45, 2.75) is 6.10 Å². The van der Waals surface area contributed by atoms with Crippen LogP contribution in [0.25, 0.3) is 0 Å². The Labute approximate surface area is 156 Å². The number of hydrogen-bond donors (Lipinski definition) is 2. The molecule has 0 saturated heterocycles. The molecule has 0 aliphatic rings. The van der Waals surface area contributed by atoms with Gasteiger partial charge in [0, 0.05) is 24.6 Å². The number of hydrogen-bond acceptors (Lipinski definition) is 7. The average molecular weight is 391 g/mol. The van der Waals surface area contributed by atoms with Crippen molar-refractivity contribution in [3.05, 3.63) is 33.9 Å². The van der Waals surface area contributed by atoms with Crippen molar-refractivity contribution < 1.29 is 23.9 Å². The normalized spacial score (nSPS) is 10.6. The van der Waals surface area contributed by atoms with Crippen LogP contribution in [-0.2, 0) is 4.74 Å². The summed E-state index contributed by atoms with van der Waals surface area (Å²) in [5.74, 6) is 1.01. The number of carbonyl (C=O) groups is 1. The predicted molar refractivity (Wildman–Crippen MR) is 100 cm³/mol. The van der Waals surface area contributed by atoms with Gasteiger partial charge >= 0.3 is 0 Å². The molecule has 0 heterocycles. The van der Waals surface area contributed by atoms with Crippen LogP contribution < -0.4 is 15.2 Å². The molecule has 1 unspecified atom stereocenters. The number of nitro groups is 1. The number of thiocarbonyl (C=S) groups is 1. The first-order chi connectivity index (χ1) is 11.6. The van der Waals surface area contributed by atoms with Gasteiger partial charge in [-0.15, -0.1) is 0 Å². The average Bonchev–Trinajstić information content (AvgIpc) is 2.52. The molecule has 0 aliphatic heterocycles. The molecule has 0 bridgehead atoms. The third-order valence-corrected chi connectivity index (χ3v) is 3.16. The Morgan fingerprint density at radius 1 is 1.36 bits per heavy atom. The van der Waals surface area contributed by atoms with Crippen molar-refractivity contribution in [3.8, 4) is 11.5 Å². The van der Waals surface area contributed by atoms with Gasteiger partial charge in [-0.1, -0.05) is 18.7 Å². The summed E-state index contributed by atoms with van der Waals surface area (Å²) in [4.78, 5) is 21.0. The first-order valence-electron chi connectivity index (χ1n) is 6.82. The number of nitrogens with zero attached hydrogens (tertiary/aromatic N) is 2. The molecule has 0 fully saturated rings. The van der Waals surface area contributed by atoms with Gasteiger partial charge in [0.2, 0.25) is 6.54 Å². The van der Waals surface area contributed by atoms with Gasteiger partial charge in [-0.25, -0.2) is 0 Å². The maximum absolute atomic E-state index is 10.8. The molecule has 2 N–H and O–H groups in total. The number of ether oxygens (including phenoxy) is 3. The molecule has 1 atom stereocenters. The lowest BCUT2D eigenvalue weighted by Gasteiger charge is -2.21. The van der Waals surface area contributed by atoms with Crippen LogP contribution in [0.15, 0.2) is 18.2 Å². The number of methoxy groups -OCH3 is 2. The second kappa shape index (κ2) is 11.3. The van der Waals surface area contributed by atoms with E-state index in [0.717, 1.165) is 0 Å². The van der Waals surface area contributed by atoms with Crippen molar-refractivity contribution in [3.63, 3.8) is 0 Å². The van der Waals surface area contributed by atoms with E-state index in [-0.39, 0.29) is 5.17 Å². The third kappa shape index (κ3) is 8.96. The highest BCUT2D eigenvalue weighted by Gasteiger charge is 2.23. The standard InChI is InChI=1S/C13H18N2O5S.CH3NOS/c1-14(2)13(21)20-12(8-15(16)17)9-5-6-10(18-3)11(7-9)19-4;2-1(3)4/h5-7,12H,8H2,1-4H3;(H3,2,3,4). The summed E-state index contributed by atoms with van der Waals surface area (Å²) in [7, 11) is 6.43. The lowest BCUT2D eigenvalue weighted by molar-refractivity contribution is -0.490. The van der Waals surface area contributed by atoms with E-state index in [1.165, 1.54) is 14.2 Å². The second-order valence-electron chi connectivity index (χ2n) is 4.73. The van der Waals surface area contributed by atoms with E-state index in [4.69, 9.17) is 31.2 Å². The number of benzene rings is 1. The number of amides is 1. The summed E-state index contributed by atoms with van der Waals surface area (Å²) in [6.45, 7) is -0.399. The van der Waals surface area contributed by atoms with Crippen LogP contribution in [0.1, 0.15) is 11.7 Å². The topological polar surface area (TPSA) is 117 Å². The molecule has 9 nitrogen and oxygen atoms in total. The maximum atomic E-state index is 10.8. The van der Waals surface area contributed by atoms with Gasteiger partial charge in [0.05, 0.1) is 14.2 Å². The molecule has 0 aromatic heterocycles. The van der Waals surface area contributed by atoms with Crippen LogP contribution >= 0.6 is 24.8 Å². The Morgan fingerprint density at radius 3 is 2.28 bits per heavy atom. The fourth-order valence-corrected chi connectivity index (χ4v) is 1.74. The van der Waals surface area contributed by atoms with Gasteiger partial charge in [-0.2, -0.15) is 0 Å². The zero-order valence-electron chi connectivity index (χ0n) is 14.3. The van der Waals surface area contributed by atoms with Gasteiger partial charge in [0.25, 0.3) is 10.4 Å². The maximum Gasteiger partial charge on any atom is 0.273 e. The third-order valence-electron chi connectivity index (χ3n) is 2.70. The second-order valence-corrected chi connectivity index (χ2v) is 5.52. The minimum atomic E-state index is -0.797. The Kier molecular flexibility index (Phi) is 10.3. The van der Waals surface area contributed by atoms with Crippen LogP contribution in [0.4, 0.5) is 4.79 Å². The molecule has 140 valence electrons. The van der Waals surface area contributed by atoms with Crippen LogP contribution in [0.2, 0.25) is 0 Å². The van der Waals surface area contributed by atoms with Gasteiger partial charge in [0.15, 0.2) is 17.6 Å². The molecule has 0 radical (unpaired) electrons. The van der Waals surface area contributed by atoms with Crippen LogP contribution in [-0.4, -0.2) is 55.1 Å². The number of carbonyl (C=O) groups excluding carboxylic acids is 1. The summed E-state index contributed by atoms with van der Waals surface area (Å²) in [6, 6.07) is 5.00. The molecule has 0 saturated carbocycles. The van der Waals surface area contributed by atoms with E-state index in [1.54, 1.807) is 37.2 Å². The predicted octanol–water partition coefficient (Wildman–Crippen LogP) is 1.88. The molecule has 0 aliphatic carbocycles. The van der Waals surface area contributed by atoms with Gasteiger partial charge in [-0.3, -0.25) is 14.9 Å². The van der Waals surface area contributed by atoms with E-state index >= 15 is 0 Å². The van der Waals surface area contributed by atoms with E-state index in [2.05, 4.69) is 18.4 Å². The largest absolute Gasteiger partial charge is 0.493 e. The van der Waals surface area contributed by atoms with Crippen LogP contribution in [0, 0.1) is 10.1 Å². The van der Waals surface area contributed by atoms with E-state index < -0.39 is 22.8 Å². The fourth-order valence-electron chi connectivity index (χ4n) is 1.63. The molecule has 1 rings (SSSR count). The van der Waals surface area contributed by atoms with Gasteiger partial charge < -0.3 is 24.8 Å². The van der Waals surface area contributed by atoms with E-state index in [9.17, 15) is 10.1 Å². The SMILES string of the molecule is COc1ccc(C(C[N+](=O)[O-])OC(=S)N(C)C)cc1OC.NC(=O)S. The van der Waals surface area contributed by atoms with Crippen molar-refractivity contribution in [2.24, 2.45) is 5.73 Å². The number of thiol groups is 1. The molecule has 0 spiro atoms. The first kappa shape index (κ1) is 22.7. The molecule has 1 aromatic carbocycles. The van der Waals surface area contributed by atoms with Crippen molar-refractivity contribution >= 4 is 35.3 Å². The summed E-state index contributed by atoms with van der Waals surface area (Å²) < 4.78 is 15.8. The van der Waals surface area contributed by atoms with Crippen LogP contribution in [0.3, 0.4) is 0 Å². The summed E-state index contributed by atoms with van der Waals surface area (Å²) in [5.41, 5.74) is 4.93. The molecule has 25 heavy (non-hydrogen) atoms. The molecule has 1 aromatic rings. The zero-order chi connectivity index (χ0) is 19.6. The number of rotatable bonds is 6. The highest BCUT2D eigenvalue weighted by atomic mass is 32.1. The summed E-state index contributed by atoms with van der Waals surface area (Å²) >= 11 is 8.15. The summed E-state index contributed by atoms with van der Waals surface area (Å²) in [5, 5.41) is 10.4. The van der Waals surface area contributed by atoms with Crippen molar-refractivity contribution in [1.29, 1.82) is 0 Å². The van der Waals surface area contributed by atoms with Gasteiger partial charge in [0.1, 0.15) is 0 Å². The van der Waals surface area contributed by atoms with Crippen molar-refractivity contribution in [2.75, 3.05) is 34.9 Å². The quantitative estimate of drug-likeness (QED) is 0.327. The molecular weight excluding hydrogens is 370 g/mol. The number of nitrogens with two attached hydrogens (primary N) is 1. The Balaban J connectivity index is 0.00000129. The number of primary amides is 1. The smallest absolute Gasteiger partial charge is 0.273 e. The fraction of sp³-hybridized carbons (Fsp3) is 0.429. The Bertz CT molecular complexity index is 608. The minimum absolute atomic E-state index is 0.177.